The Labute approximate surface area is 120 Å². The largest absolute Gasteiger partial charge is 0.306 e. The summed E-state index contributed by atoms with van der Waals surface area (Å²) in [6, 6.07) is 4.39. The van der Waals surface area contributed by atoms with Crippen LogP contribution in [0.25, 0.3) is 0 Å². The highest BCUT2D eigenvalue weighted by Gasteiger charge is 2.30. The molecule has 1 heterocycles. The molecule has 1 aromatic carbocycles. The molecule has 1 aromatic rings. The van der Waals surface area contributed by atoms with Crippen molar-refractivity contribution in [1.29, 1.82) is 0 Å². The van der Waals surface area contributed by atoms with E-state index in [4.69, 9.17) is 0 Å². The second kappa shape index (κ2) is 5.79. The Morgan fingerprint density at radius 2 is 1.85 bits per heavy atom. The van der Waals surface area contributed by atoms with Crippen LogP contribution in [0.1, 0.15) is 18.4 Å². The monoisotopic (exact) mass is 300 g/mol. The predicted molar refractivity (Wildman–Crippen MR) is 76.6 cm³/mol. The van der Waals surface area contributed by atoms with Gasteiger partial charge in [0.25, 0.3) is 0 Å². The molecule has 0 bridgehead atoms. The van der Waals surface area contributed by atoms with E-state index in [2.05, 4.69) is 4.90 Å². The molecule has 112 valence electrons. The molecule has 0 unspecified atom stereocenters. The van der Waals surface area contributed by atoms with Crippen LogP contribution < -0.4 is 0 Å². The van der Waals surface area contributed by atoms with Gasteiger partial charge in [-0.05, 0) is 57.6 Å². The van der Waals surface area contributed by atoms with Crippen molar-refractivity contribution in [3.8, 4) is 0 Å². The molecule has 1 aliphatic rings. The second-order valence-electron chi connectivity index (χ2n) is 5.51. The molecule has 6 heteroatoms. The minimum absolute atomic E-state index is 0.180. The third kappa shape index (κ3) is 3.02. The zero-order valence-corrected chi connectivity index (χ0v) is 13.0. The fourth-order valence-electron chi connectivity index (χ4n) is 2.53. The van der Waals surface area contributed by atoms with E-state index >= 15 is 0 Å². The first-order valence-corrected chi connectivity index (χ1v) is 8.19. The molecule has 0 radical (unpaired) electrons. The van der Waals surface area contributed by atoms with Gasteiger partial charge in [-0.2, -0.15) is 4.31 Å². The lowest BCUT2D eigenvalue weighted by Gasteiger charge is -2.34. The number of nitrogens with zero attached hydrogens (tertiary/aromatic N) is 2. The van der Waals surface area contributed by atoms with Crippen molar-refractivity contribution < 1.29 is 12.8 Å². The van der Waals surface area contributed by atoms with Gasteiger partial charge in [-0.1, -0.05) is 0 Å². The molecule has 2 rings (SSSR count). The molecule has 1 saturated heterocycles. The van der Waals surface area contributed by atoms with Gasteiger partial charge in [0.15, 0.2) is 0 Å². The van der Waals surface area contributed by atoms with Crippen LogP contribution in [0.15, 0.2) is 23.1 Å². The molecule has 0 aromatic heterocycles. The number of rotatable bonds is 3. The maximum absolute atomic E-state index is 13.3. The fraction of sp³-hybridized carbons (Fsp3) is 0.571. The zero-order chi connectivity index (χ0) is 14.9. The second-order valence-corrected chi connectivity index (χ2v) is 7.45. The molecule has 0 N–H and O–H groups in total. The summed E-state index contributed by atoms with van der Waals surface area (Å²) in [6.07, 6.45) is 1.65. The van der Waals surface area contributed by atoms with E-state index in [1.807, 2.05) is 14.1 Å². The van der Waals surface area contributed by atoms with Gasteiger partial charge in [-0.15, -0.1) is 0 Å². The Balaban J connectivity index is 2.17. The van der Waals surface area contributed by atoms with Gasteiger partial charge in [0, 0.05) is 19.1 Å². The molecule has 0 amide bonds. The molecule has 1 aliphatic heterocycles. The van der Waals surface area contributed by atoms with E-state index in [9.17, 15) is 12.8 Å². The molecule has 0 atom stereocenters. The topological polar surface area (TPSA) is 40.6 Å². The molecule has 1 fully saturated rings. The quantitative estimate of drug-likeness (QED) is 0.855. The van der Waals surface area contributed by atoms with E-state index < -0.39 is 10.0 Å². The molecular weight excluding hydrogens is 279 g/mol. The van der Waals surface area contributed by atoms with Gasteiger partial charge in [0.1, 0.15) is 5.82 Å². The highest BCUT2D eigenvalue weighted by atomic mass is 32.2. The van der Waals surface area contributed by atoms with Crippen LogP contribution in [0.3, 0.4) is 0 Å². The van der Waals surface area contributed by atoms with Gasteiger partial charge in [0.05, 0.1) is 4.90 Å². The summed E-state index contributed by atoms with van der Waals surface area (Å²) in [5.74, 6) is -0.379. The first-order valence-electron chi connectivity index (χ1n) is 6.75. The van der Waals surface area contributed by atoms with Gasteiger partial charge in [-0.3, -0.25) is 0 Å². The van der Waals surface area contributed by atoms with E-state index in [1.165, 1.54) is 22.5 Å². The van der Waals surface area contributed by atoms with E-state index in [-0.39, 0.29) is 10.7 Å². The van der Waals surface area contributed by atoms with Crippen molar-refractivity contribution in [3.05, 3.63) is 29.6 Å². The number of hydrogen-bond donors (Lipinski definition) is 0. The van der Waals surface area contributed by atoms with Crippen molar-refractivity contribution in [2.24, 2.45) is 0 Å². The summed E-state index contributed by atoms with van der Waals surface area (Å²) >= 11 is 0. The zero-order valence-electron chi connectivity index (χ0n) is 12.1. The minimum atomic E-state index is -3.50. The smallest absolute Gasteiger partial charge is 0.243 e. The van der Waals surface area contributed by atoms with Crippen LogP contribution in [0.2, 0.25) is 0 Å². The summed E-state index contributed by atoms with van der Waals surface area (Å²) in [5, 5.41) is 0. The molecule has 0 aliphatic carbocycles. The number of piperidine rings is 1. The Bertz CT molecular complexity index is 579. The SMILES string of the molecule is Cc1cc(S(=O)(=O)N2CCC(N(C)C)CC2)ccc1F. The predicted octanol–water partition coefficient (Wildman–Crippen LogP) is 1.85. The fourth-order valence-corrected chi connectivity index (χ4v) is 4.08. The molecule has 0 spiro atoms. The summed E-state index contributed by atoms with van der Waals surface area (Å²) < 4.78 is 39.8. The van der Waals surface area contributed by atoms with E-state index in [0.29, 0.717) is 24.7 Å². The molecule has 20 heavy (non-hydrogen) atoms. The summed E-state index contributed by atoms with van der Waals surface area (Å²) in [4.78, 5) is 2.31. The standard InChI is InChI=1S/C14H21FN2O2S/c1-11-10-13(4-5-14(11)15)20(18,19)17-8-6-12(7-9-17)16(2)3/h4-5,10,12H,6-9H2,1-3H3. The normalized spacial score (nSPS) is 18.6. The molecular formula is C14H21FN2O2S. The maximum atomic E-state index is 13.3. The number of aryl methyl sites for hydroxylation is 1. The lowest BCUT2D eigenvalue weighted by atomic mass is 10.1. The minimum Gasteiger partial charge on any atom is -0.306 e. The first kappa shape index (κ1) is 15.4. The summed E-state index contributed by atoms with van der Waals surface area (Å²) in [5.41, 5.74) is 0.356. The van der Waals surface area contributed by atoms with Crippen LogP contribution in [0, 0.1) is 12.7 Å². The van der Waals surface area contributed by atoms with Crippen molar-refractivity contribution >= 4 is 10.0 Å². The lowest BCUT2D eigenvalue weighted by molar-refractivity contribution is 0.196. The maximum Gasteiger partial charge on any atom is 0.243 e. The average molecular weight is 300 g/mol. The Kier molecular flexibility index (Phi) is 4.46. The van der Waals surface area contributed by atoms with Crippen LogP contribution >= 0.6 is 0 Å². The number of sulfonamides is 1. The highest BCUT2D eigenvalue weighted by molar-refractivity contribution is 7.89. The third-order valence-electron chi connectivity index (χ3n) is 3.92. The highest BCUT2D eigenvalue weighted by Crippen LogP contribution is 2.23. The van der Waals surface area contributed by atoms with Crippen LogP contribution in [-0.4, -0.2) is 50.8 Å². The first-order chi connectivity index (χ1) is 9.32. The number of hydrogen-bond acceptors (Lipinski definition) is 3. The Hall–Kier alpha value is -0.980. The average Bonchev–Trinajstić information content (AvgIpc) is 2.41. The van der Waals surface area contributed by atoms with Crippen molar-refractivity contribution in [2.45, 2.75) is 30.7 Å². The number of benzene rings is 1. The summed E-state index contributed by atoms with van der Waals surface area (Å²) in [6.45, 7) is 2.61. The molecule has 0 saturated carbocycles. The summed E-state index contributed by atoms with van der Waals surface area (Å²) in [7, 11) is 0.522. The van der Waals surface area contributed by atoms with Gasteiger partial charge < -0.3 is 4.90 Å². The van der Waals surface area contributed by atoms with E-state index in [0.717, 1.165) is 12.8 Å². The number of halogens is 1. The van der Waals surface area contributed by atoms with Crippen LogP contribution in [-0.2, 0) is 10.0 Å². The van der Waals surface area contributed by atoms with Crippen molar-refractivity contribution in [2.75, 3.05) is 27.2 Å². The van der Waals surface area contributed by atoms with Crippen molar-refractivity contribution in [3.63, 3.8) is 0 Å². The Morgan fingerprint density at radius 1 is 1.25 bits per heavy atom. The van der Waals surface area contributed by atoms with Gasteiger partial charge >= 0.3 is 0 Å². The van der Waals surface area contributed by atoms with E-state index in [1.54, 1.807) is 6.92 Å². The lowest BCUT2D eigenvalue weighted by Crippen LogP contribution is -2.44. The Morgan fingerprint density at radius 3 is 2.35 bits per heavy atom. The van der Waals surface area contributed by atoms with Gasteiger partial charge in [-0.25, -0.2) is 12.8 Å². The van der Waals surface area contributed by atoms with Crippen molar-refractivity contribution in [1.82, 2.24) is 9.21 Å². The molecule has 4 nitrogen and oxygen atoms in total. The third-order valence-corrected chi connectivity index (χ3v) is 5.82. The van der Waals surface area contributed by atoms with Crippen LogP contribution in [0.5, 0.6) is 0 Å². The van der Waals surface area contributed by atoms with Gasteiger partial charge in [0.2, 0.25) is 10.0 Å². The van der Waals surface area contributed by atoms with Crippen LogP contribution in [0.4, 0.5) is 4.39 Å².